The maximum atomic E-state index is 11.4. The number of halogens is 1. The first kappa shape index (κ1) is 12.9. The second kappa shape index (κ2) is 4.76. The second-order valence-electron chi connectivity index (χ2n) is 4.53. The van der Waals surface area contributed by atoms with E-state index in [9.17, 15) is 9.90 Å². The van der Waals surface area contributed by atoms with Gasteiger partial charge in [-0.2, -0.15) is 0 Å². The van der Waals surface area contributed by atoms with Gasteiger partial charge in [0.15, 0.2) is 0 Å². The molecular weight excluding hydrogens is 320 g/mol. The van der Waals surface area contributed by atoms with E-state index in [1.54, 1.807) is 16.5 Å². The van der Waals surface area contributed by atoms with Gasteiger partial charge in [-0.05, 0) is 35.0 Å². The summed E-state index contributed by atoms with van der Waals surface area (Å²) in [6.07, 6.45) is 0. The van der Waals surface area contributed by atoms with Crippen LogP contribution in [0.4, 0.5) is 0 Å². The Labute approximate surface area is 123 Å². The summed E-state index contributed by atoms with van der Waals surface area (Å²) in [5.41, 5.74) is 2.95. The molecule has 3 aromatic rings. The molecule has 20 heavy (non-hydrogen) atoms. The molecule has 2 aromatic heterocycles. The minimum absolute atomic E-state index is 0.191. The van der Waals surface area contributed by atoms with E-state index in [1.165, 1.54) is 0 Å². The number of hydrogen-bond acceptors (Lipinski definition) is 2. The minimum atomic E-state index is -0.978. The van der Waals surface area contributed by atoms with Gasteiger partial charge in [-0.1, -0.05) is 35.9 Å². The summed E-state index contributed by atoms with van der Waals surface area (Å²) in [5.74, 6) is -0.362. The molecule has 5 heteroatoms. The molecule has 1 aromatic carbocycles. The third kappa shape index (κ3) is 2.00. The van der Waals surface area contributed by atoms with Crippen molar-refractivity contribution >= 4 is 27.4 Å². The van der Waals surface area contributed by atoms with Crippen LogP contribution < -0.4 is 0 Å². The lowest BCUT2D eigenvalue weighted by molar-refractivity contribution is 0.0689. The first-order valence-corrected chi connectivity index (χ1v) is 6.84. The Bertz CT molecular complexity index is 807. The average molecular weight is 331 g/mol. The van der Waals surface area contributed by atoms with Crippen LogP contribution in [0, 0.1) is 6.92 Å². The number of carboxylic acids is 1. The molecule has 0 amide bonds. The van der Waals surface area contributed by atoms with Gasteiger partial charge in [-0.3, -0.25) is 4.40 Å². The third-order valence-corrected chi connectivity index (χ3v) is 3.73. The SMILES string of the molecule is Cc1ccc(-c2nc(Br)c3cccc(C(=O)O)n23)cc1. The van der Waals surface area contributed by atoms with E-state index in [4.69, 9.17) is 0 Å². The molecule has 0 unspecified atom stereocenters. The standard InChI is InChI=1S/C15H11BrN2O2/c1-9-5-7-10(8-6-9)14-17-13(16)11-3-2-4-12(15(19)20)18(11)14/h2-8H,1H3,(H,19,20). The van der Waals surface area contributed by atoms with Gasteiger partial charge in [-0.15, -0.1) is 0 Å². The average Bonchev–Trinajstić information content (AvgIpc) is 2.77. The number of aryl methyl sites for hydroxylation is 1. The summed E-state index contributed by atoms with van der Waals surface area (Å²) in [6.45, 7) is 2.01. The molecule has 0 bridgehead atoms. The van der Waals surface area contributed by atoms with Crippen molar-refractivity contribution in [1.82, 2.24) is 9.38 Å². The van der Waals surface area contributed by atoms with Crippen molar-refractivity contribution in [2.24, 2.45) is 0 Å². The summed E-state index contributed by atoms with van der Waals surface area (Å²) < 4.78 is 2.29. The predicted molar refractivity (Wildman–Crippen MR) is 80.0 cm³/mol. The molecule has 0 radical (unpaired) electrons. The van der Waals surface area contributed by atoms with Crippen LogP contribution in [0.25, 0.3) is 16.9 Å². The highest BCUT2D eigenvalue weighted by Gasteiger charge is 2.16. The van der Waals surface area contributed by atoms with E-state index in [1.807, 2.05) is 37.3 Å². The third-order valence-electron chi connectivity index (χ3n) is 3.15. The summed E-state index contributed by atoms with van der Waals surface area (Å²) in [5, 5.41) is 9.34. The number of aromatic nitrogens is 2. The molecule has 0 aliphatic carbocycles. The van der Waals surface area contributed by atoms with Crippen LogP contribution in [0.2, 0.25) is 0 Å². The van der Waals surface area contributed by atoms with Crippen LogP contribution in [0.15, 0.2) is 47.1 Å². The zero-order valence-corrected chi connectivity index (χ0v) is 12.3. The van der Waals surface area contributed by atoms with E-state index >= 15 is 0 Å². The van der Waals surface area contributed by atoms with Crippen LogP contribution in [-0.4, -0.2) is 20.5 Å². The highest BCUT2D eigenvalue weighted by molar-refractivity contribution is 9.10. The van der Waals surface area contributed by atoms with E-state index in [0.717, 1.165) is 16.6 Å². The number of nitrogens with zero attached hydrogens (tertiary/aromatic N) is 2. The number of carboxylic acid groups (broad SMARTS) is 1. The lowest BCUT2D eigenvalue weighted by Gasteiger charge is -2.05. The van der Waals surface area contributed by atoms with Gasteiger partial charge in [0.25, 0.3) is 0 Å². The fourth-order valence-corrected chi connectivity index (χ4v) is 2.64. The van der Waals surface area contributed by atoms with E-state index in [-0.39, 0.29) is 5.69 Å². The molecule has 100 valence electrons. The van der Waals surface area contributed by atoms with E-state index < -0.39 is 5.97 Å². The van der Waals surface area contributed by atoms with Crippen LogP contribution in [0.1, 0.15) is 16.1 Å². The number of imidazole rings is 1. The number of hydrogen-bond donors (Lipinski definition) is 1. The second-order valence-corrected chi connectivity index (χ2v) is 5.28. The maximum absolute atomic E-state index is 11.4. The molecule has 0 saturated carbocycles. The van der Waals surface area contributed by atoms with Gasteiger partial charge < -0.3 is 5.11 Å². The number of fused-ring (bicyclic) bond motifs is 1. The molecular formula is C15H11BrN2O2. The van der Waals surface area contributed by atoms with Gasteiger partial charge in [0.05, 0.1) is 5.52 Å². The van der Waals surface area contributed by atoms with Crippen molar-refractivity contribution in [2.75, 3.05) is 0 Å². The summed E-state index contributed by atoms with van der Waals surface area (Å²) in [6, 6.07) is 13.0. The molecule has 0 atom stereocenters. The Hall–Kier alpha value is -2.14. The van der Waals surface area contributed by atoms with Crippen LogP contribution in [0.3, 0.4) is 0 Å². The van der Waals surface area contributed by atoms with Crippen molar-refractivity contribution in [3.05, 3.63) is 58.3 Å². The molecule has 0 fully saturated rings. The Balaban J connectivity index is 2.36. The van der Waals surface area contributed by atoms with Crippen molar-refractivity contribution in [3.63, 3.8) is 0 Å². The van der Waals surface area contributed by atoms with Crippen LogP contribution >= 0.6 is 15.9 Å². The molecule has 4 nitrogen and oxygen atoms in total. The lowest BCUT2D eigenvalue weighted by atomic mass is 10.1. The monoisotopic (exact) mass is 330 g/mol. The zero-order valence-electron chi connectivity index (χ0n) is 10.7. The van der Waals surface area contributed by atoms with Crippen molar-refractivity contribution < 1.29 is 9.90 Å². The number of aromatic carboxylic acids is 1. The van der Waals surface area contributed by atoms with Crippen molar-refractivity contribution in [3.8, 4) is 11.4 Å². The first-order valence-electron chi connectivity index (χ1n) is 6.05. The molecule has 3 rings (SSSR count). The zero-order chi connectivity index (χ0) is 14.3. The van der Waals surface area contributed by atoms with Crippen LogP contribution in [-0.2, 0) is 0 Å². The summed E-state index contributed by atoms with van der Waals surface area (Å²) in [4.78, 5) is 15.8. The largest absolute Gasteiger partial charge is 0.477 e. The Morgan fingerprint density at radius 1 is 1.20 bits per heavy atom. The predicted octanol–water partition coefficient (Wildman–Crippen LogP) is 3.77. The number of pyridine rings is 1. The highest BCUT2D eigenvalue weighted by atomic mass is 79.9. The lowest BCUT2D eigenvalue weighted by Crippen LogP contribution is -2.05. The maximum Gasteiger partial charge on any atom is 0.352 e. The number of carbonyl (C=O) groups is 1. The topological polar surface area (TPSA) is 54.6 Å². The number of benzene rings is 1. The normalized spacial score (nSPS) is 10.9. The Kier molecular flexibility index (Phi) is 3.06. The van der Waals surface area contributed by atoms with Gasteiger partial charge in [-0.25, -0.2) is 9.78 Å². The van der Waals surface area contributed by atoms with E-state index in [0.29, 0.717) is 10.4 Å². The Morgan fingerprint density at radius 2 is 1.90 bits per heavy atom. The van der Waals surface area contributed by atoms with Gasteiger partial charge in [0.1, 0.15) is 16.1 Å². The van der Waals surface area contributed by atoms with E-state index in [2.05, 4.69) is 20.9 Å². The van der Waals surface area contributed by atoms with Crippen molar-refractivity contribution in [2.45, 2.75) is 6.92 Å². The molecule has 0 aliphatic heterocycles. The fourth-order valence-electron chi connectivity index (χ4n) is 2.16. The van der Waals surface area contributed by atoms with Crippen molar-refractivity contribution in [1.29, 1.82) is 0 Å². The molecule has 2 heterocycles. The Morgan fingerprint density at radius 3 is 2.55 bits per heavy atom. The highest BCUT2D eigenvalue weighted by Crippen LogP contribution is 2.27. The minimum Gasteiger partial charge on any atom is -0.477 e. The smallest absolute Gasteiger partial charge is 0.352 e. The van der Waals surface area contributed by atoms with Crippen LogP contribution in [0.5, 0.6) is 0 Å². The van der Waals surface area contributed by atoms with Gasteiger partial charge in [0, 0.05) is 5.56 Å². The summed E-state index contributed by atoms with van der Waals surface area (Å²) in [7, 11) is 0. The van der Waals surface area contributed by atoms with Gasteiger partial charge >= 0.3 is 5.97 Å². The quantitative estimate of drug-likeness (QED) is 0.778. The van der Waals surface area contributed by atoms with Gasteiger partial charge in [0.2, 0.25) is 0 Å². The summed E-state index contributed by atoms with van der Waals surface area (Å²) >= 11 is 3.39. The molecule has 0 aliphatic rings. The fraction of sp³-hybridized carbons (Fsp3) is 0.0667. The molecule has 1 N–H and O–H groups in total. The first-order chi connectivity index (χ1) is 9.58. The number of rotatable bonds is 2. The molecule has 0 saturated heterocycles. The molecule has 0 spiro atoms.